The predicted molar refractivity (Wildman–Crippen MR) is 116 cm³/mol. The van der Waals surface area contributed by atoms with E-state index < -0.39 is 23.5 Å². The fourth-order valence-corrected chi connectivity index (χ4v) is 4.26. The first-order valence-electron chi connectivity index (χ1n) is 10.1. The number of thiazole rings is 1. The molecule has 1 amide bonds. The monoisotopic (exact) mass is 459 g/mol. The fraction of sp³-hybridized carbons (Fsp3) is 0.333. The van der Waals surface area contributed by atoms with E-state index in [-0.39, 0.29) is 27.5 Å². The van der Waals surface area contributed by atoms with Crippen LogP contribution in [0.3, 0.4) is 0 Å². The van der Waals surface area contributed by atoms with Crippen molar-refractivity contribution >= 4 is 39.7 Å². The number of ketones is 1. The SMILES string of the molecule is C[C@H](C(N)=O)N(c1ccc(F)cc1)c1nc(N)c(C(=O)c2cc(OCC3CCC3)no2)s1. The first-order valence-corrected chi connectivity index (χ1v) is 10.9. The molecule has 0 radical (unpaired) electrons. The maximum Gasteiger partial charge on any atom is 0.254 e. The first-order chi connectivity index (χ1) is 15.3. The number of amides is 1. The lowest BCUT2D eigenvalue weighted by molar-refractivity contribution is -0.118. The van der Waals surface area contributed by atoms with Crippen molar-refractivity contribution in [1.29, 1.82) is 0 Å². The van der Waals surface area contributed by atoms with Crippen LogP contribution >= 0.6 is 11.3 Å². The fourth-order valence-electron chi connectivity index (χ4n) is 3.22. The molecule has 0 bridgehead atoms. The molecule has 2 aromatic heterocycles. The third-order valence-electron chi connectivity index (χ3n) is 5.36. The summed E-state index contributed by atoms with van der Waals surface area (Å²) in [4.78, 5) is 30.7. The molecule has 1 aromatic carbocycles. The number of rotatable bonds is 9. The summed E-state index contributed by atoms with van der Waals surface area (Å²) >= 11 is 0.966. The summed E-state index contributed by atoms with van der Waals surface area (Å²) in [5.41, 5.74) is 12.0. The van der Waals surface area contributed by atoms with Gasteiger partial charge in [0, 0.05) is 5.69 Å². The highest BCUT2D eigenvalue weighted by Gasteiger charge is 2.29. The van der Waals surface area contributed by atoms with Crippen molar-refractivity contribution in [1.82, 2.24) is 10.1 Å². The Kier molecular flexibility index (Phi) is 6.08. The second kappa shape index (κ2) is 8.95. The molecule has 0 spiro atoms. The maximum absolute atomic E-state index is 13.4. The molecule has 0 saturated heterocycles. The van der Waals surface area contributed by atoms with E-state index in [4.69, 9.17) is 20.7 Å². The first kappa shape index (κ1) is 21.8. The average Bonchev–Trinajstić information content (AvgIpc) is 3.35. The minimum Gasteiger partial charge on any atom is -0.475 e. The summed E-state index contributed by atoms with van der Waals surface area (Å²) in [7, 11) is 0. The molecule has 4 N–H and O–H groups in total. The largest absolute Gasteiger partial charge is 0.475 e. The molecule has 1 aliphatic carbocycles. The van der Waals surface area contributed by atoms with Crippen LogP contribution in [0, 0.1) is 11.7 Å². The van der Waals surface area contributed by atoms with Gasteiger partial charge in [-0.05, 0) is 55.1 Å². The van der Waals surface area contributed by atoms with Gasteiger partial charge in [0.2, 0.25) is 17.5 Å². The second-order valence-corrected chi connectivity index (χ2v) is 8.58. The van der Waals surface area contributed by atoms with Crippen LogP contribution in [0.4, 0.5) is 21.0 Å². The highest BCUT2D eigenvalue weighted by Crippen LogP contribution is 2.36. The number of hydrogen-bond acceptors (Lipinski definition) is 9. The van der Waals surface area contributed by atoms with E-state index in [1.165, 1.54) is 41.7 Å². The van der Waals surface area contributed by atoms with Crippen LogP contribution in [-0.4, -0.2) is 34.5 Å². The number of aromatic nitrogens is 2. The van der Waals surface area contributed by atoms with Crippen molar-refractivity contribution in [3.05, 3.63) is 46.8 Å². The smallest absolute Gasteiger partial charge is 0.254 e. The number of nitrogens with two attached hydrogens (primary N) is 2. The summed E-state index contributed by atoms with van der Waals surface area (Å²) in [5, 5.41) is 4.04. The van der Waals surface area contributed by atoms with Crippen molar-refractivity contribution < 1.29 is 23.2 Å². The third-order valence-corrected chi connectivity index (χ3v) is 6.43. The summed E-state index contributed by atoms with van der Waals surface area (Å²) in [5.74, 6) is -0.897. The zero-order valence-corrected chi connectivity index (χ0v) is 18.1. The number of nitrogens with zero attached hydrogens (tertiary/aromatic N) is 3. The van der Waals surface area contributed by atoms with Gasteiger partial charge in [0.05, 0.1) is 12.7 Å². The quantitative estimate of drug-likeness (QED) is 0.465. The van der Waals surface area contributed by atoms with Gasteiger partial charge in [0.15, 0.2) is 5.13 Å². The van der Waals surface area contributed by atoms with E-state index in [2.05, 4.69) is 10.1 Å². The number of ether oxygens (including phenoxy) is 1. The van der Waals surface area contributed by atoms with Crippen molar-refractivity contribution in [2.75, 3.05) is 17.2 Å². The number of halogens is 1. The van der Waals surface area contributed by atoms with Gasteiger partial charge in [-0.2, -0.15) is 0 Å². The van der Waals surface area contributed by atoms with Crippen molar-refractivity contribution in [2.24, 2.45) is 11.7 Å². The standard InChI is InChI=1S/C21H22FN5O4S/c1-11(20(24)29)27(14-7-5-13(22)6-8-14)21-25-19(23)18(32-21)17(28)15-9-16(26-31-15)30-10-12-3-2-4-12/h5-9,11-12H,2-4,10,23H2,1H3,(H2,24,29)/t11-/m1/s1. The third kappa shape index (κ3) is 4.42. The molecule has 1 saturated carbocycles. The van der Waals surface area contributed by atoms with Crippen molar-refractivity contribution in [3.8, 4) is 5.88 Å². The minimum absolute atomic E-state index is 0.0351. The number of nitrogen functional groups attached to an aromatic ring is 1. The molecule has 0 aliphatic heterocycles. The molecule has 3 aromatic rings. The lowest BCUT2D eigenvalue weighted by Gasteiger charge is -2.26. The van der Waals surface area contributed by atoms with Crippen LogP contribution in [0.1, 0.15) is 41.6 Å². The summed E-state index contributed by atoms with van der Waals surface area (Å²) < 4.78 is 24.1. The van der Waals surface area contributed by atoms with Gasteiger partial charge < -0.3 is 25.6 Å². The molecule has 11 heteroatoms. The van der Waals surface area contributed by atoms with E-state index in [1.807, 2.05) is 0 Å². The predicted octanol–water partition coefficient (Wildman–Crippen LogP) is 3.27. The van der Waals surface area contributed by atoms with Gasteiger partial charge >= 0.3 is 0 Å². The Bertz CT molecular complexity index is 1130. The van der Waals surface area contributed by atoms with Crippen molar-refractivity contribution in [3.63, 3.8) is 0 Å². The second-order valence-electron chi connectivity index (χ2n) is 7.60. The Morgan fingerprint density at radius 2 is 2.06 bits per heavy atom. The van der Waals surface area contributed by atoms with Gasteiger partial charge in [-0.3, -0.25) is 9.59 Å². The Balaban J connectivity index is 1.58. The van der Waals surface area contributed by atoms with E-state index in [0.717, 1.165) is 24.2 Å². The number of hydrogen-bond donors (Lipinski definition) is 2. The topological polar surface area (TPSA) is 138 Å². The van der Waals surface area contributed by atoms with E-state index in [1.54, 1.807) is 6.92 Å². The molecule has 0 unspecified atom stereocenters. The molecule has 1 aliphatic rings. The number of benzene rings is 1. The van der Waals surface area contributed by atoms with E-state index in [0.29, 0.717) is 18.2 Å². The van der Waals surface area contributed by atoms with Crippen LogP contribution in [0.5, 0.6) is 5.88 Å². The van der Waals surface area contributed by atoms with Crippen LogP contribution in [0.2, 0.25) is 0 Å². The van der Waals surface area contributed by atoms with Gasteiger partial charge in [-0.15, -0.1) is 0 Å². The molecule has 168 valence electrons. The maximum atomic E-state index is 13.4. The van der Waals surface area contributed by atoms with Gasteiger partial charge in [0.25, 0.3) is 5.88 Å². The average molecular weight is 460 g/mol. The van der Waals surface area contributed by atoms with Crippen molar-refractivity contribution in [2.45, 2.75) is 32.2 Å². The van der Waals surface area contributed by atoms with Gasteiger partial charge in [-0.1, -0.05) is 17.8 Å². The summed E-state index contributed by atoms with van der Waals surface area (Å²) in [6.45, 7) is 2.11. The number of anilines is 3. The van der Waals surface area contributed by atoms with Crippen LogP contribution < -0.4 is 21.1 Å². The number of carbonyl (C=O) groups is 2. The zero-order chi connectivity index (χ0) is 22.8. The molecule has 32 heavy (non-hydrogen) atoms. The Morgan fingerprint density at radius 1 is 1.34 bits per heavy atom. The van der Waals surface area contributed by atoms with Crippen LogP contribution in [-0.2, 0) is 4.79 Å². The van der Waals surface area contributed by atoms with Gasteiger partial charge in [0.1, 0.15) is 22.6 Å². The van der Waals surface area contributed by atoms with Gasteiger partial charge in [-0.25, -0.2) is 9.37 Å². The summed E-state index contributed by atoms with van der Waals surface area (Å²) in [6.07, 6.45) is 3.45. The lowest BCUT2D eigenvalue weighted by atomic mass is 9.86. The molecule has 4 rings (SSSR count). The van der Waals surface area contributed by atoms with Crippen LogP contribution in [0.25, 0.3) is 0 Å². The number of carbonyl (C=O) groups excluding carboxylic acids is 2. The molecule has 2 heterocycles. The molecule has 1 atom stereocenters. The zero-order valence-electron chi connectivity index (χ0n) is 17.3. The molecule has 9 nitrogen and oxygen atoms in total. The normalized spacial score (nSPS) is 14.6. The Labute approximate surface area is 187 Å². The molecule has 1 fully saturated rings. The van der Waals surface area contributed by atoms with E-state index in [9.17, 15) is 14.0 Å². The highest BCUT2D eigenvalue weighted by molar-refractivity contribution is 7.18. The molecular formula is C21H22FN5O4S. The van der Waals surface area contributed by atoms with Crippen LogP contribution in [0.15, 0.2) is 34.9 Å². The number of primary amides is 1. The summed E-state index contributed by atoms with van der Waals surface area (Å²) in [6, 6.07) is 6.05. The van der Waals surface area contributed by atoms with E-state index >= 15 is 0 Å². The highest BCUT2D eigenvalue weighted by atomic mass is 32.1. The molecular weight excluding hydrogens is 437 g/mol. The Hall–Kier alpha value is -3.47. The Morgan fingerprint density at radius 3 is 2.69 bits per heavy atom. The lowest BCUT2D eigenvalue weighted by Crippen LogP contribution is -2.39. The minimum atomic E-state index is -0.828.